The number of hydrogen-bond donors (Lipinski definition) is 2. The van der Waals surface area contributed by atoms with E-state index in [4.69, 9.17) is 0 Å². The first kappa shape index (κ1) is 18.6. The molecule has 0 aliphatic carbocycles. The number of anilines is 1. The molecule has 0 unspecified atom stereocenters. The molecule has 130 valence electrons. The molecular weight excluding hydrogens is 343 g/mol. The van der Waals surface area contributed by atoms with Crippen molar-refractivity contribution in [3.8, 4) is 5.69 Å². The number of halogens is 2. The molecule has 7 heteroatoms. The topological polar surface area (TPSA) is 58.9 Å². The third-order valence-corrected chi connectivity index (χ3v) is 3.48. The van der Waals surface area contributed by atoms with E-state index < -0.39 is 0 Å². The Kier molecular flexibility index (Phi) is 6.27. The van der Waals surface area contributed by atoms with Gasteiger partial charge in [0.25, 0.3) is 5.91 Å². The number of carbonyl (C=O) groups excluding carboxylic acids is 1. The van der Waals surface area contributed by atoms with Crippen molar-refractivity contribution in [2.24, 2.45) is 0 Å². The van der Waals surface area contributed by atoms with Gasteiger partial charge in [-0.15, -0.1) is 12.4 Å². The lowest BCUT2D eigenvalue weighted by molar-refractivity contribution is 0.102. The monoisotopic (exact) mass is 360 g/mol. The maximum Gasteiger partial charge on any atom is 0.276 e. The summed E-state index contributed by atoms with van der Waals surface area (Å²) < 4.78 is 14.5. The summed E-state index contributed by atoms with van der Waals surface area (Å²) in [5, 5.41) is 10.1. The Labute approximate surface area is 151 Å². The summed E-state index contributed by atoms with van der Waals surface area (Å²) in [6.45, 7) is 0.725. The Morgan fingerprint density at radius 3 is 2.64 bits per heavy atom. The van der Waals surface area contributed by atoms with Crippen LogP contribution in [0.25, 0.3) is 5.69 Å². The molecule has 3 aromatic rings. The highest BCUT2D eigenvalue weighted by Gasteiger charge is 2.11. The second-order valence-corrected chi connectivity index (χ2v) is 5.31. The van der Waals surface area contributed by atoms with Crippen LogP contribution in [0, 0.1) is 5.82 Å². The largest absolute Gasteiger partial charge is 0.321 e. The van der Waals surface area contributed by atoms with Gasteiger partial charge in [-0.3, -0.25) is 4.79 Å². The van der Waals surface area contributed by atoms with E-state index in [1.807, 2.05) is 31.3 Å². The van der Waals surface area contributed by atoms with E-state index in [-0.39, 0.29) is 24.1 Å². The molecule has 3 rings (SSSR count). The molecule has 0 bridgehead atoms. The molecular formula is C18H18ClFN4O. The van der Waals surface area contributed by atoms with Gasteiger partial charge >= 0.3 is 0 Å². The second kappa shape index (κ2) is 8.41. The number of benzene rings is 2. The first-order valence-electron chi connectivity index (χ1n) is 7.52. The summed E-state index contributed by atoms with van der Waals surface area (Å²) in [6, 6.07) is 15.1. The Bertz CT molecular complexity index is 848. The molecule has 5 nitrogen and oxygen atoms in total. The molecule has 0 fully saturated rings. The van der Waals surface area contributed by atoms with Crippen LogP contribution in [0.5, 0.6) is 0 Å². The number of nitrogens with one attached hydrogen (secondary N) is 2. The van der Waals surface area contributed by atoms with Crippen LogP contribution in [0.3, 0.4) is 0 Å². The van der Waals surface area contributed by atoms with E-state index in [0.717, 1.165) is 12.1 Å². The molecule has 2 N–H and O–H groups in total. The number of rotatable bonds is 5. The van der Waals surface area contributed by atoms with Crippen molar-refractivity contribution in [1.82, 2.24) is 15.1 Å². The summed E-state index contributed by atoms with van der Waals surface area (Å²) in [5.41, 5.74) is 2.76. The van der Waals surface area contributed by atoms with Crippen molar-refractivity contribution in [2.45, 2.75) is 6.54 Å². The second-order valence-electron chi connectivity index (χ2n) is 5.31. The fraction of sp³-hybridized carbons (Fsp3) is 0.111. The highest BCUT2D eigenvalue weighted by Crippen LogP contribution is 2.13. The number of carbonyl (C=O) groups is 1. The Hall–Kier alpha value is -2.70. The van der Waals surface area contributed by atoms with Crippen LogP contribution in [0.15, 0.2) is 60.8 Å². The van der Waals surface area contributed by atoms with Gasteiger partial charge < -0.3 is 10.6 Å². The molecule has 1 aromatic heterocycles. The molecule has 0 saturated heterocycles. The zero-order chi connectivity index (χ0) is 16.9. The molecule has 1 amide bonds. The molecule has 0 saturated carbocycles. The molecule has 2 aromatic carbocycles. The van der Waals surface area contributed by atoms with Crippen molar-refractivity contribution < 1.29 is 9.18 Å². The minimum Gasteiger partial charge on any atom is -0.321 e. The molecule has 0 radical (unpaired) electrons. The van der Waals surface area contributed by atoms with Gasteiger partial charge in [0.05, 0.1) is 5.69 Å². The van der Waals surface area contributed by atoms with Gasteiger partial charge in [-0.25, -0.2) is 9.07 Å². The quantitative estimate of drug-likeness (QED) is 0.733. The lowest BCUT2D eigenvalue weighted by atomic mass is 10.2. The van der Waals surface area contributed by atoms with E-state index in [9.17, 15) is 9.18 Å². The average molecular weight is 361 g/mol. The molecule has 25 heavy (non-hydrogen) atoms. The number of aromatic nitrogens is 2. The molecule has 0 aliphatic heterocycles. The minimum absolute atomic E-state index is 0. The van der Waals surface area contributed by atoms with Gasteiger partial charge in [0.1, 0.15) is 5.82 Å². The van der Waals surface area contributed by atoms with Crippen molar-refractivity contribution in [1.29, 1.82) is 0 Å². The van der Waals surface area contributed by atoms with Crippen LogP contribution < -0.4 is 10.6 Å². The maximum atomic E-state index is 13.0. The van der Waals surface area contributed by atoms with Crippen LogP contribution in [-0.2, 0) is 6.54 Å². The standard InChI is InChI=1S/C18H17FN4O.ClH/c1-20-12-13-3-2-4-15(11-13)21-18(24)17-9-10-23(22-17)16-7-5-14(19)6-8-16;/h2-11,20H,12H2,1H3,(H,21,24);1H. The van der Waals surface area contributed by atoms with Crippen LogP contribution in [0.2, 0.25) is 0 Å². The lowest BCUT2D eigenvalue weighted by Gasteiger charge is -2.06. The van der Waals surface area contributed by atoms with Gasteiger partial charge in [0, 0.05) is 18.4 Å². The van der Waals surface area contributed by atoms with E-state index >= 15 is 0 Å². The summed E-state index contributed by atoms with van der Waals surface area (Å²) in [7, 11) is 1.87. The minimum atomic E-state index is -0.315. The van der Waals surface area contributed by atoms with Crippen molar-refractivity contribution in [3.63, 3.8) is 0 Å². The van der Waals surface area contributed by atoms with Crippen LogP contribution in [0.1, 0.15) is 16.1 Å². The zero-order valence-corrected chi connectivity index (χ0v) is 14.4. The Balaban J connectivity index is 0.00000225. The van der Waals surface area contributed by atoms with Gasteiger partial charge in [0.15, 0.2) is 5.69 Å². The molecule has 0 aliphatic rings. The SMILES string of the molecule is CNCc1cccc(NC(=O)c2ccn(-c3ccc(F)cc3)n2)c1.Cl. The van der Waals surface area contributed by atoms with E-state index in [1.165, 1.54) is 16.8 Å². The highest BCUT2D eigenvalue weighted by molar-refractivity contribution is 6.02. The Morgan fingerprint density at radius 1 is 1.16 bits per heavy atom. The predicted molar refractivity (Wildman–Crippen MR) is 97.9 cm³/mol. The Morgan fingerprint density at radius 2 is 1.92 bits per heavy atom. The van der Waals surface area contributed by atoms with Crippen molar-refractivity contribution >= 4 is 24.0 Å². The normalized spacial score (nSPS) is 10.2. The average Bonchev–Trinajstić information content (AvgIpc) is 3.06. The highest BCUT2D eigenvalue weighted by atomic mass is 35.5. The summed E-state index contributed by atoms with van der Waals surface area (Å²) in [5.74, 6) is -0.609. The summed E-state index contributed by atoms with van der Waals surface area (Å²) in [4.78, 5) is 12.3. The van der Waals surface area contributed by atoms with Crippen molar-refractivity contribution in [2.75, 3.05) is 12.4 Å². The zero-order valence-electron chi connectivity index (χ0n) is 13.6. The lowest BCUT2D eigenvalue weighted by Crippen LogP contribution is -2.13. The third-order valence-electron chi connectivity index (χ3n) is 3.48. The van der Waals surface area contributed by atoms with Gasteiger partial charge in [0.2, 0.25) is 0 Å². The van der Waals surface area contributed by atoms with Crippen LogP contribution >= 0.6 is 12.4 Å². The predicted octanol–water partition coefficient (Wildman–Crippen LogP) is 3.40. The van der Waals surface area contributed by atoms with Gasteiger partial charge in [-0.05, 0) is 55.1 Å². The first-order valence-corrected chi connectivity index (χ1v) is 7.52. The smallest absolute Gasteiger partial charge is 0.276 e. The number of nitrogens with zero attached hydrogens (tertiary/aromatic N) is 2. The number of hydrogen-bond acceptors (Lipinski definition) is 3. The summed E-state index contributed by atoms with van der Waals surface area (Å²) >= 11 is 0. The van der Waals surface area contributed by atoms with E-state index in [2.05, 4.69) is 15.7 Å². The summed E-state index contributed by atoms with van der Waals surface area (Å²) in [6.07, 6.45) is 1.67. The fourth-order valence-corrected chi connectivity index (χ4v) is 2.34. The van der Waals surface area contributed by atoms with E-state index in [1.54, 1.807) is 24.4 Å². The molecule has 1 heterocycles. The van der Waals surface area contributed by atoms with Crippen LogP contribution in [-0.4, -0.2) is 22.7 Å². The molecule has 0 atom stereocenters. The van der Waals surface area contributed by atoms with E-state index in [0.29, 0.717) is 17.1 Å². The molecule has 0 spiro atoms. The van der Waals surface area contributed by atoms with Crippen molar-refractivity contribution in [3.05, 3.63) is 77.9 Å². The maximum absolute atomic E-state index is 13.0. The third kappa shape index (κ3) is 4.65. The van der Waals surface area contributed by atoms with Gasteiger partial charge in [-0.1, -0.05) is 12.1 Å². The van der Waals surface area contributed by atoms with Crippen LogP contribution in [0.4, 0.5) is 10.1 Å². The first-order chi connectivity index (χ1) is 11.7. The number of amides is 1. The fourth-order valence-electron chi connectivity index (χ4n) is 2.34. The van der Waals surface area contributed by atoms with Gasteiger partial charge in [-0.2, -0.15) is 5.10 Å².